The largest absolute Gasteiger partial charge is 0.469 e. The summed E-state index contributed by atoms with van der Waals surface area (Å²) >= 11 is 1.38. The van der Waals surface area contributed by atoms with E-state index in [-0.39, 0.29) is 59.6 Å². The van der Waals surface area contributed by atoms with Crippen LogP contribution in [0.1, 0.15) is 133 Å². The van der Waals surface area contributed by atoms with Gasteiger partial charge in [-0.3, -0.25) is 24.1 Å². The quantitative estimate of drug-likeness (QED) is 0.133. The molecule has 8 atom stereocenters. The number of amides is 3. The second kappa shape index (κ2) is 21.7. The Balaban J connectivity index is 1.87. The first kappa shape index (κ1) is 45.0. The zero-order valence-electron chi connectivity index (χ0n) is 34.6. The highest BCUT2D eigenvalue weighted by Crippen LogP contribution is 2.34. The summed E-state index contributed by atoms with van der Waals surface area (Å²) in [5.74, 6) is -1.13. The van der Waals surface area contributed by atoms with Crippen molar-refractivity contribution in [1.29, 1.82) is 0 Å². The zero-order valence-corrected chi connectivity index (χ0v) is 35.5. The molecule has 0 saturated heterocycles. The minimum absolute atomic E-state index is 0.0684. The molecule has 1 aromatic carbocycles. The molecule has 0 radical (unpaired) electrons. The fourth-order valence-electron chi connectivity index (χ4n) is 7.58. The van der Waals surface area contributed by atoms with Crippen LogP contribution in [0.3, 0.4) is 0 Å². The van der Waals surface area contributed by atoms with Crippen LogP contribution in [0.4, 0.5) is 0 Å². The summed E-state index contributed by atoms with van der Waals surface area (Å²) in [5.41, 5.74) is 2.26. The molecular weight excluding hydrogens is 703 g/mol. The molecule has 0 unspecified atom stereocenters. The number of carbonyl (C=O) groups is 4. The normalized spacial score (nSPS) is 18.9. The molecule has 0 saturated carbocycles. The van der Waals surface area contributed by atoms with Crippen molar-refractivity contribution in [2.75, 3.05) is 34.4 Å². The summed E-state index contributed by atoms with van der Waals surface area (Å²) in [6, 6.07) is 6.32. The van der Waals surface area contributed by atoms with Gasteiger partial charge in [-0.1, -0.05) is 92.5 Å². The van der Waals surface area contributed by atoms with Crippen molar-refractivity contribution in [3.63, 3.8) is 0 Å². The number of thiazole rings is 1. The number of methoxy groups -OCH3 is 1. The standard InChI is InChI=1S/C42H67N5O6S/c1-12-20-47(41(50)36(27(7)14-3)45-39(49)37(46(9)10)28(8)15-4)34(26(5)6)24-35(53-21-13-2)40-44-33(25-54-40)38(48)43-30-22-29-18-16-17-19-31(29)32(23-30)42(51)52-11/h16-19,25-28,30,32,34-37H,12-15,20-24H2,1-11H3,(H,43,48)(H,45,49)/t27-,28-,30-,32+,34+,35+,36-,37-/m0/s1. The van der Waals surface area contributed by atoms with E-state index in [1.165, 1.54) is 18.4 Å². The van der Waals surface area contributed by atoms with Crippen LogP contribution in [-0.2, 0) is 30.3 Å². The number of aromatic nitrogens is 1. The Morgan fingerprint density at radius 2 is 1.67 bits per heavy atom. The summed E-state index contributed by atoms with van der Waals surface area (Å²) < 4.78 is 11.5. The summed E-state index contributed by atoms with van der Waals surface area (Å²) in [4.78, 5) is 63.5. The van der Waals surface area contributed by atoms with E-state index in [0.717, 1.165) is 36.8 Å². The van der Waals surface area contributed by atoms with Crippen molar-refractivity contribution in [2.45, 2.75) is 137 Å². The monoisotopic (exact) mass is 769 g/mol. The van der Waals surface area contributed by atoms with Crippen LogP contribution in [0.5, 0.6) is 0 Å². The Labute approximate surface area is 328 Å². The van der Waals surface area contributed by atoms with Crippen molar-refractivity contribution in [3.8, 4) is 0 Å². The number of esters is 1. The predicted molar refractivity (Wildman–Crippen MR) is 215 cm³/mol. The highest BCUT2D eigenvalue weighted by atomic mass is 32.1. The molecule has 3 rings (SSSR count). The molecule has 2 N–H and O–H groups in total. The molecule has 11 nitrogen and oxygen atoms in total. The van der Waals surface area contributed by atoms with Crippen LogP contribution >= 0.6 is 11.3 Å². The van der Waals surface area contributed by atoms with Crippen molar-refractivity contribution in [2.24, 2.45) is 17.8 Å². The molecule has 0 spiro atoms. The Hall–Kier alpha value is -3.35. The Morgan fingerprint density at radius 1 is 0.981 bits per heavy atom. The molecule has 2 aromatic rings. The maximum Gasteiger partial charge on any atom is 0.313 e. The van der Waals surface area contributed by atoms with Crippen molar-refractivity contribution in [1.82, 2.24) is 25.4 Å². The molecule has 1 heterocycles. The van der Waals surface area contributed by atoms with Gasteiger partial charge in [0.15, 0.2) is 0 Å². The van der Waals surface area contributed by atoms with Crippen LogP contribution in [0.15, 0.2) is 29.6 Å². The fourth-order valence-corrected chi connectivity index (χ4v) is 8.44. The van der Waals surface area contributed by atoms with Crippen LogP contribution in [-0.4, -0.2) is 97.0 Å². The van der Waals surface area contributed by atoms with Gasteiger partial charge in [-0.15, -0.1) is 11.3 Å². The number of fused-ring (bicyclic) bond motifs is 1. The number of rotatable bonds is 21. The van der Waals surface area contributed by atoms with E-state index >= 15 is 0 Å². The maximum absolute atomic E-state index is 14.7. The highest BCUT2D eigenvalue weighted by Gasteiger charge is 2.39. The maximum atomic E-state index is 14.7. The third-order valence-corrected chi connectivity index (χ3v) is 11.9. The Morgan fingerprint density at radius 3 is 2.26 bits per heavy atom. The van der Waals surface area contributed by atoms with Gasteiger partial charge in [0.05, 0.1) is 19.1 Å². The number of ether oxygens (including phenoxy) is 2. The molecule has 3 amide bonds. The number of nitrogens with one attached hydrogen (secondary N) is 2. The second-order valence-corrected chi connectivity index (χ2v) is 16.4. The topological polar surface area (TPSA) is 130 Å². The minimum Gasteiger partial charge on any atom is -0.469 e. The average Bonchev–Trinajstić information content (AvgIpc) is 3.65. The Bertz CT molecular complexity index is 1510. The lowest BCUT2D eigenvalue weighted by atomic mass is 9.80. The van der Waals surface area contributed by atoms with Gasteiger partial charge in [0.2, 0.25) is 11.8 Å². The van der Waals surface area contributed by atoms with E-state index in [0.29, 0.717) is 43.1 Å². The molecule has 54 heavy (non-hydrogen) atoms. The van der Waals surface area contributed by atoms with Gasteiger partial charge in [0.1, 0.15) is 22.8 Å². The van der Waals surface area contributed by atoms with Gasteiger partial charge in [0, 0.05) is 37.0 Å². The molecule has 0 fully saturated rings. The smallest absolute Gasteiger partial charge is 0.313 e. The summed E-state index contributed by atoms with van der Waals surface area (Å²) in [5, 5.41) is 8.76. The molecule has 0 bridgehead atoms. The first-order chi connectivity index (χ1) is 25.7. The van der Waals surface area contributed by atoms with Gasteiger partial charge >= 0.3 is 5.97 Å². The highest BCUT2D eigenvalue weighted by molar-refractivity contribution is 7.09. The van der Waals surface area contributed by atoms with E-state index in [1.54, 1.807) is 5.38 Å². The van der Waals surface area contributed by atoms with Crippen molar-refractivity contribution >= 4 is 35.0 Å². The number of likely N-dealkylation sites (N-methyl/N-ethyl adjacent to an activating group) is 1. The predicted octanol–water partition coefficient (Wildman–Crippen LogP) is 6.77. The van der Waals surface area contributed by atoms with Crippen molar-refractivity contribution < 1.29 is 28.7 Å². The number of hydrogen-bond donors (Lipinski definition) is 2. The van der Waals surface area contributed by atoms with Gasteiger partial charge in [-0.2, -0.15) is 0 Å². The number of nitrogens with zero attached hydrogens (tertiary/aromatic N) is 3. The second-order valence-electron chi connectivity index (χ2n) is 15.6. The lowest BCUT2D eigenvalue weighted by Crippen LogP contribution is -2.59. The van der Waals surface area contributed by atoms with Crippen LogP contribution in [0, 0.1) is 17.8 Å². The van der Waals surface area contributed by atoms with E-state index in [9.17, 15) is 19.2 Å². The van der Waals surface area contributed by atoms with E-state index in [2.05, 4.69) is 52.2 Å². The Kier molecular flexibility index (Phi) is 18.1. The van der Waals surface area contributed by atoms with Gasteiger partial charge in [-0.05, 0) is 68.7 Å². The van der Waals surface area contributed by atoms with E-state index in [4.69, 9.17) is 14.5 Å². The van der Waals surface area contributed by atoms with Gasteiger partial charge in [-0.25, -0.2) is 4.98 Å². The van der Waals surface area contributed by atoms with Gasteiger partial charge < -0.3 is 25.0 Å². The molecule has 302 valence electrons. The van der Waals surface area contributed by atoms with E-state index < -0.39 is 18.1 Å². The fraction of sp³-hybridized carbons (Fsp3) is 0.690. The summed E-state index contributed by atoms with van der Waals surface area (Å²) in [6.07, 6.45) is 4.24. The summed E-state index contributed by atoms with van der Waals surface area (Å²) in [6.45, 7) is 17.6. The zero-order chi connectivity index (χ0) is 40.1. The first-order valence-electron chi connectivity index (χ1n) is 20.0. The number of hydrogen-bond acceptors (Lipinski definition) is 9. The average molecular weight is 770 g/mol. The first-order valence-corrected chi connectivity index (χ1v) is 20.9. The van der Waals surface area contributed by atoms with Gasteiger partial charge in [0.25, 0.3) is 5.91 Å². The molecule has 1 aliphatic carbocycles. The van der Waals surface area contributed by atoms with Crippen LogP contribution < -0.4 is 10.6 Å². The van der Waals surface area contributed by atoms with Crippen LogP contribution in [0.25, 0.3) is 0 Å². The molecule has 0 aliphatic heterocycles. The number of carbonyl (C=O) groups excluding carboxylic acids is 4. The minimum atomic E-state index is -0.669. The molecule has 1 aliphatic rings. The third kappa shape index (κ3) is 11.6. The summed E-state index contributed by atoms with van der Waals surface area (Å²) in [7, 11) is 5.21. The molecule has 1 aromatic heterocycles. The number of benzene rings is 1. The third-order valence-electron chi connectivity index (χ3n) is 10.9. The lowest BCUT2D eigenvalue weighted by molar-refractivity contribution is -0.143. The molecular formula is C42H67N5O6S. The lowest BCUT2D eigenvalue weighted by Gasteiger charge is -2.40. The SMILES string of the molecule is CCCO[C@H](C[C@H](C(C)C)N(CCC)C(=O)[C@@H](NC(=O)[C@H]([C@@H](C)CC)N(C)C)[C@@H](C)CC)c1nc(C(=O)N[C@H]2Cc3ccccc3[C@H](C(=O)OC)C2)cs1. The molecule has 12 heteroatoms. The van der Waals surface area contributed by atoms with E-state index in [1.807, 2.05) is 62.0 Å². The van der Waals surface area contributed by atoms with Crippen LogP contribution in [0.2, 0.25) is 0 Å². The van der Waals surface area contributed by atoms with Crippen molar-refractivity contribution in [3.05, 3.63) is 51.5 Å².